The summed E-state index contributed by atoms with van der Waals surface area (Å²) in [6.07, 6.45) is 12.9. The van der Waals surface area contributed by atoms with Crippen LogP contribution >= 0.6 is 0 Å². The Labute approximate surface area is 289 Å². The lowest BCUT2D eigenvalue weighted by molar-refractivity contribution is -0.129. The number of hydrogen-bond acceptors (Lipinski definition) is 6. The standard InChI is InChI=1S/C40H61N2O6/c1-24(2)31(48-35(45)42-20-11-21-42)26-22-25(3)30-32(46-26)33(43)38(7)28-13-12-27-36(4,5)29(47-34(44)41-18-9-8-10-19-41)14-15-39(27)23-40(28,39)17-16-37(30,38)6/h24-25,27,29-31,33,43H,8-23H2,1-7H3/t25-,27+,29?,30+,31-,33+,37-,38-,39-,40+/m1/s1. The van der Waals surface area contributed by atoms with Crippen LogP contribution in [0.3, 0.4) is 0 Å². The normalized spacial score (nSPS) is 46.0. The molecule has 8 rings (SSSR count). The molecule has 5 aliphatic carbocycles. The predicted octanol–water partition coefficient (Wildman–Crippen LogP) is 7.94. The molecule has 8 fully saturated rings. The summed E-state index contributed by atoms with van der Waals surface area (Å²) in [4.78, 5) is 29.9. The van der Waals surface area contributed by atoms with Gasteiger partial charge in [-0.15, -0.1) is 0 Å². The average Bonchev–Trinajstić information content (AvgIpc) is 3.65. The average molecular weight is 666 g/mol. The van der Waals surface area contributed by atoms with E-state index in [4.69, 9.17) is 14.2 Å². The SMILES string of the molecule is CC(C)[C@@H](OC(=O)N1CCC1)[C]1C[C@@H](C)[C@H]2[C](O1)[C@H](O)[C@@]1(C)[C]3CC[C@H]4C(C)(C)C(OC(=O)N5CCCCC5)CC[C@@]45C[C@@]35CC[C@]21C. The Morgan fingerprint density at radius 3 is 2.27 bits per heavy atom. The van der Waals surface area contributed by atoms with Gasteiger partial charge in [-0.25, -0.2) is 9.59 Å². The lowest BCUT2D eigenvalue weighted by Crippen LogP contribution is -2.59. The van der Waals surface area contributed by atoms with Gasteiger partial charge in [0.15, 0.2) is 0 Å². The molecule has 10 atom stereocenters. The maximum Gasteiger partial charge on any atom is 0.410 e. The van der Waals surface area contributed by atoms with Crippen LogP contribution in [0.4, 0.5) is 9.59 Å². The second kappa shape index (κ2) is 11.2. The fraction of sp³-hybridized carbons (Fsp3) is 0.875. The van der Waals surface area contributed by atoms with Crippen LogP contribution in [0.15, 0.2) is 0 Å². The molecule has 0 aromatic rings. The highest BCUT2D eigenvalue weighted by Gasteiger charge is 2.85. The minimum atomic E-state index is -0.680. The summed E-state index contributed by atoms with van der Waals surface area (Å²) in [7, 11) is 0. The van der Waals surface area contributed by atoms with Crippen molar-refractivity contribution in [1.29, 1.82) is 0 Å². The smallest absolute Gasteiger partial charge is 0.410 e. The maximum atomic E-state index is 13.3. The van der Waals surface area contributed by atoms with Gasteiger partial charge in [0.1, 0.15) is 24.4 Å². The van der Waals surface area contributed by atoms with E-state index >= 15 is 0 Å². The van der Waals surface area contributed by atoms with Gasteiger partial charge in [-0.2, -0.15) is 0 Å². The molecule has 8 heteroatoms. The second-order valence-electron chi connectivity index (χ2n) is 18.8. The molecule has 3 aliphatic heterocycles. The zero-order chi connectivity index (χ0) is 34.0. The van der Waals surface area contributed by atoms with Crippen molar-refractivity contribution in [2.75, 3.05) is 26.2 Å². The summed E-state index contributed by atoms with van der Waals surface area (Å²) in [5.74, 6) is 2.65. The molecule has 267 valence electrons. The Kier molecular flexibility index (Phi) is 7.86. The largest absolute Gasteiger partial charge is 0.446 e. The summed E-state index contributed by atoms with van der Waals surface area (Å²) in [5.41, 5.74) is -0.160. The molecular formula is C40H61N2O6. The summed E-state index contributed by atoms with van der Waals surface area (Å²) in [6.45, 7) is 19.3. The van der Waals surface area contributed by atoms with Crippen LogP contribution in [0.5, 0.6) is 0 Å². The van der Waals surface area contributed by atoms with E-state index in [0.29, 0.717) is 5.92 Å². The van der Waals surface area contributed by atoms with Crippen molar-refractivity contribution in [2.24, 2.45) is 50.7 Å². The number of carbonyl (C=O) groups is 2. The molecule has 3 heterocycles. The maximum absolute atomic E-state index is 13.3. The van der Waals surface area contributed by atoms with Gasteiger partial charge in [0.2, 0.25) is 0 Å². The number of ether oxygens (including phenoxy) is 3. The van der Waals surface area contributed by atoms with E-state index in [2.05, 4.69) is 48.5 Å². The van der Waals surface area contributed by atoms with Gasteiger partial charge in [-0.3, -0.25) is 0 Å². The molecule has 5 saturated carbocycles. The summed E-state index contributed by atoms with van der Waals surface area (Å²) in [5, 5.41) is 12.6. The molecule has 1 unspecified atom stereocenters. The van der Waals surface area contributed by atoms with Gasteiger partial charge in [0.05, 0.1) is 6.10 Å². The minimum absolute atomic E-state index is 0.0472. The topological polar surface area (TPSA) is 88.5 Å². The Morgan fingerprint density at radius 2 is 1.60 bits per heavy atom. The number of piperidine rings is 1. The highest BCUT2D eigenvalue weighted by atomic mass is 16.6. The number of aliphatic hydroxyl groups is 1. The molecule has 1 N–H and O–H groups in total. The van der Waals surface area contributed by atoms with Crippen molar-refractivity contribution >= 4 is 12.2 Å². The van der Waals surface area contributed by atoms with Crippen molar-refractivity contribution in [3.8, 4) is 0 Å². The Bertz CT molecular complexity index is 1290. The van der Waals surface area contributed by atoms with Crippen molar-refractivity contribution in [3.05, 3.63) is 18.1 Å². The number of hydrogen-bond donors (Lipinski definition) is 1. The molecule has 8 nitrogen and oxygen atoms in total. The van der Waals surface area contributed by atoms with Crippen molar-refractivity contribution in [3.63, 3.8) is 0 Å². The first kappa shape index (κ1) is 33.6. The van der Waals surface area contributed by atoms with Gasteiger partial charge in [-0.1, -0.05) is 48.5 Å². The van der Waals surface area contributed by atoms with Crippen LogP contribution in [0.2, 0.25) is 0 Å². The van der Waals surface area contributed by atoms with E-state index in [9.17, 15) is 14.7 Å². The number of nitrogens with zero attached hydrogens (tertiary/aromatic N) is 2. The van der Waals surface area contributed by atoms with E-state index in [0.717, 1.165) is 96.2 Å². The number of amides is 2. The van der Waals surface area contributed by atoms with Gasteiger partial charge in [0, 0.05) is 42.9 Å². The van der Waals surface area contributed by atoms with Gasteiger partial charge in [-0.05, 0) is 117 Å². The number of fused-ring (bicyclic) bond motifs is 4. The van der Waals surface area contributed by atoms with Crippen LogP contribution in [-0.2, 0) is 14.2 Å². The molecule has 2 spiro atoms. The first-order chi connectivity index (χ1) is 22.7. The van der Waals surface area contributed by atoms with E-state index in [1.165, 1.54) is 19.3 Å². The van der Waals surface area contributed by atoms with Crippen LogP contribution in [-0.4, -0.2) is 71.6 Å². The molecule has 3 saturated heterocycles. The molecule has 48 heavy (non-hydrogen) atoms. The third kappa shape index (κ3) is 4.38. The zero-order valence-electron chi connectivity index (χ0n) is 30.7. The number of carbonyl (C=O) groups excluding carboxylic acids is 2. The highest BCUT2D eigenvalue weighted by Crippen LogP contribution is 2.90. The van der Waals surface area contributed by atoms with Crippen LogP contribution in [0, 0.1) is 68.9 Å². The molecule has 3 radical (unpaired) electrons. The Balaban J connectivity index is 1.03. The molecule has 2 amide bonds. The third-order valence-electron chi connectivity index (χ3n) is 16.1. The lowest BCUT2D eigenvalue weighted by atomic mass is 9.41. The summed E-state index contributed by atoms with van der Waals surface area (Å²) < 4.78 is 19.3. The molecule has 0 aromatic heterocycles. The number of likely N-dealkylation sites (tertiary alicyclic amines) is 2. The highest BCUT2D eigenvalue weighted by molar-refractivity contribution is 5.69. The molecular weight excluding hydrogens is 604 g/mol. The summed E-state index contributed by atoms with van der Waals surface area (Å²) >= 11 is 0. The van der Waals surface area contributed by atoms with Crippen molar-refractivity contribution in [1.82, 2.24) is 9.80 Å². The molecule has 0 bridgehead atoms. The predicted molar refractivity (Wildman–Crippen MR) is 182 cm³/mol. The molecule has 0 aromatic carbocycles. The van der Waals surface area contributed by atoms with E-state index in [1.807, 2.05) is 4.90 Å². The van der Waals surface area contributed by atoms with Crippen molar-refractivity contribution < 1.29 is 28.9 Å². The minimum Gasteiger partial charge on any atom is -0.446 e. The first-order valence-electron chi connectivity index (χ1n) is 19.6. The van der Waals surface area contributed by atoms with Gasteiger partial charge < -0.3 is 29.1 Å². The number of aliphatic hydroxyl groups excluding tert-OH is 1. The van der Waals surface area contributed by atoms with E-state index in [-0.39, 0.29) is 63.1 Å². The Hall–Kier alpha value is -1.54. The first-order valence-corrected chi connectivity index (χ1v) is 19.6. The van der Waals surface area contributed by atoms with Crippen LogP contribution in [0.1, 0.15) is 126 Å². The Morgan fingerprint density at radius 1 is 0.917 bits per heavy atom. The number of rotatable bonds is 4. The third-order valence-corrected chi connectivity index (χ3v) is 16.1. The lowest BCUT2D eigenvalue weighted by Gasteiger charge is -2.63. The van der Waals surface area contributed by atoms with Crippen LogP contribution < -0.4 is 0 Å². The van der Waals surface area contributed by atoms with Crippen LogP contribution in [0.25, 0.3) is 0 Å². The summed E-state index contributed by atoms with van der Waals surface area (Å²) in [6, 6.07) is 0. The zero-order valence-corrected chi connectivity index (χ0v) is 30.7. The second-order valence-corrected chi connectivity index (χ2v) is 18.8. The van der Waals surface area contributed by atoms with Gasteiger partial charge >= 0.3 is 12.2 Å². The van der Waals surface area contributed by atoms with E-state index in [1.54, 1.807) is 10.8 Å². The van der Waals surface area contributed by atoms with Gasteiger partial charge in [0.25, 0.3) is 0 Å². The fourth-order valence-corrected chi connectivity index (χ4v) is 13.3. The molecule has 8 aliphatic rings. The fourth-order valence-electron chi connectivity index (χ4n) is 13.3. The quantitative estimate of drug-likeness (QED) is 0.328. The van der Waals surface area contributed by atoms with E-state index < -0.39 is 12.2 Å². The van der Waals surface area contributed by atoms with Crippen molar-refractivity contribution in [2.45, 2.75) is 144 Å². The monoisotopic (exact) mass is 665 g/mol.